The highest BCUT2D eigenvalue weighted by Crippen LogP contribution is 2.37. The van der Waals surface area contributed by atoms with Gasteiger partial charge in [-0.25, -0.2) is 4.79 Å². The number of ether oxygens (including phenoxy) is 3. The van der Waals surface area contributed by atoms with Gasteiger partial charge >= 0.3 is 11.6 Å². The number of carbonyl (C=O) groups is 1. The maximum absolute atomic E-state index is 12.7. The largest absolute Gasteiger partial charge is 0.497 e. The van der Waals surface area contributed by atoms with Crippen LogP contribution in [0.2, 0.25) is 0 Å². The molecule has 0 bridgehead atoms. The van der Waals surface area contributed by atoms with Crippen molar-refractivity contribution < 1.29 is 23.4 Å². The van der Waals surface area contributed by atoms with Crippen molar-refractivity contribution in [1.29, 1.82) is 0 Å². The summed E-state index contributed by atoms with van der Waals surface area (Å²) in [6.07, 6.45) is 12.9. The summed E-state index contributed by atoms with van der Waals surface area (Å²) in [5.74, 6) is 1.41. The molecule has 7 nitrogen and oxygen atoms in total. The first-order valence-corrected chi connectivity index (χ1v) is 15.8. The highest BCUT2D eigenvalue weighted by atomic mass is 16.5. The normalized spacial score (nSPS) is 12.7. The fourth-order valence-corrected chi connectivity index (χ4v) is 5.27. The number of fused-ring (bicyclic) bond motifs is 1. The van der Waals surface area contributed by atoms with E-state index in [0.29, 0.717) is 30.1 Å². The van der Waals surface area contributed by atoms with Crippen LogP contribution in [0.5, 0.6) is 11.5 Å². The number of rotatable bonds is 17. The van der Waals surface area contributed by atoms with Crippen LogP contribution in [-0.2, 0) is 9.53 Å². The number of hydrogen-bond acceptors (Lipinski definition) is 7. The van der Waals surface area contributed by atoms with E-state index < -0.39 is 11.0 Å². The van der Waals surface area contributed by atoms with Crippen molar-refractivity contribution in [2.75, 3.05) is 20.3 Å². The van der Waals surface area contributed by atoms with Gasteiger partial charge in [0.2, 0.25) is 0 Å². The Morgan fingerprint density at radius 2 is 1.49 bits per heavy atom. The van der Waals surface area contributed by atoms with Crippen molar-refractivity contribution in [2.45, 2.75) is 99.3 Å². The maximum Gasteiger partial charge on any atom is 0.344 e. The Labute approximate surface area is 257 Å². The molecule has 0 spiro atoms. The molecule has 0 aliphatic heterocycles. The Bertz CT molecular complexity index is 1350. The topological polar surface area (TPSA) is 87.9 Å². The molecule has 0 amide bonds. The predicted molar refractivity (Wildman–Crippen MR) is 173 cm³/mol. The minimum absolute atomic E-state index is 0.0776. The third-order valence-electron chi connectivity index (χ3n) is 8.21. The zero-order chi connectivity index (χ0) is 31.5. The number of pyridine rings is 1. The van der Waals surface area contributed by atoms with Gasteiger partial charge in [0.25, 0.3) is 0 Å². The summed E-state index contributed by atoms with van der Waals surface area (Å²) in [4.78, 5) is 29.7. The third kappa shape index (κ3) is 10.4. The lowest BCUT2D eigenvalue weighted by Gasteiger charge is -2.34. The van der Waals surface area contributed by atoms with Crippen molar-refractivity contribution in [2.24, 2.45) is 16.7 Å². The molecular weight excluding hydrogens is 542 g/mol. The molecular formula is C36H51NO6. The molecule has 0 N–H and O–H groups in total. The van der Waals surface area contributed by atoms with Gasteiger partial charge in [-0.15, -0.1) is 0 Å². The molecule has 0 saturated carbocycles. The average molecular weight is 594 g/mol. The van der Waals surface area contributed by atoms with E-state index in [1.807, 2.05) is 38.1 Å². The fraction of sp³-hybridized carbons (Fsp3) is 0.583. The number of methoxy groups -OCH3 is 1. The van der Waals surface area contributed by atoms with Gasteiger partial charge in [0, 0.05) is 11.6 Å². The Morgan fingerprint density at radius 1 is 0.884 bits per heavy atom. The van der Waals surface area contributed by atoms with Crippen molar-refractivity contribution in [3.8, 4) is 22.6 Å². The molecule has 0 saturated heterocycles. The van der Waals surface area contributed by atoms with Gasteiger partial charge in [-0.2, -0.15) is 0 Å². The summed E-state index contributed by atoms with van der Waals surface area (Å²) in [6, 6.07) is 9.08. The summed E-state index contributed by atoms with van der Waals surface area (Å²) < 4.78 is 22.4. The Hall–Kier alpha value is -3.35. The van der Waals surface area contributed by atoms with Crippen molar-refractivity contribution in [3.63, 3.8) is 0 Å². The number of hydrogen-bond donors (Lipinski definition) is 0. The van der Waals surface area contributed by atoms with Gasteiger partial charge in [-0.05, 0) is 68.2 Å². The minimum Gasteiger partial charge on any atom is -0.497 e. The zero-order valence-electron chi connectivity index (χ0n) is 27.3. The molecule has 0 radical (unpaired) electrons. The van der Waals surface area contributed by atoms with E-state index in [1.54, 1.807) is 25.6 Å². The third-order valence-corrected chi connectivity index (χ3v) is 8.21. The standard InChI is InChI=1S/C36H51NO6/c1-26(23-35(2,3)4)36(5,6)34(39)42-21-15-13-11-9-8-10-12-14-20-41-31-25-37-24-28-22-30(33(38)43-32(28)31)27-16-18-29(40-7)19-17-27/h16-19,22,24-26H,8-15,20-21,23H2,1-7H3. The first-order valence-electron chi connectivity index (χ1n) is 15.8. The highest BCUT2D eigenvalue weighted by Gasteiger charge is 2.37. The second-order valence-corrected chi connectivity index (χ2v) is 13.4. The van der Waals surface area contributed by atoms with Crippen LogP contribution < -0.4 is 15.1 Å². The Kier molecular flexibility index (Phi) is 12.6. The van der Waals surface area contributed by atoms with Gasteiger partial charge in [-0.3, -0.25) is 9.78 Å². The van der Waals surface area contributed by atoms with Crippen LogP contribution in [0.4, 0.5) is 0 Å². The molecule has 0 fully saturated rings. The van der Waals surface area contributed by atoms with E-state index in [2.05, 4.69) is 32.7 Å². The van der Waals surface area contributed by atoms with Crippen LogP contribution >= 0.6 is 0 Å². The summed E-state index contributed by atoms with van der Waals surface area (Å²) in [5, 5.41) is 0.719. The van der Waals surface area contributed by atoms with Crippen LogP contribution in [0.3, 0.4) is 0 Å². The minimum atomic E-state index is -0.462. The number of nitrogens with zero attached hydrogens (tertiary/aromatic N) is 1. The first kappa shape index (κ1) is 34.1. The van der Waals surface area contributed by atoms with Gasteiger partial charge in [-0.1, -0.05) is 78.4 Å². The predicted octanol–water partition coefficient (Wildman–Crippen LogP) is 9.00. The Balaban J connectivity index is 1.30. The van der Waals surface area contributed by atoms with E-state index >= 15 is 0 Å². The van der Waals surface area contributed by atoms with Crippen molar-refractivity contribution >= 4 is 16.9 Å². The van der Waals surface area contributed by atoms with E-state index in [-0.39, 0.29) is 17.3 Å². The summed E-state index contributed by atoms with van der Waals surface area (Å²) in [6.45, 7) is 13.9. The lowest BCUT2D eigenvalue weighted by molar-refractivity contribution is -0.157. The molecule has 1 aromatic carbocycles. The Morgan fingerprint density at radius 3 is 2.09 bits per heavy atom. The quantitative estimate of drug-likeness (QED) is 0.114. The van der Waals surface area contributed by atoms with E-state index in [0.717, 1.165) is 61.6 Å². The van der Waals surface area contributed by atoms with Gasteiger partial charge < -0.3 is 18.6 Å². The smallest absolute Gasteiger partial charge is 0.344 e. The van der Waals surface area contributed by atoms with Crippen LogP contribution in [0.25, 0.3) is 22.1 Å². The lowest BCUT2D eigenvalue weighted by Crippen LogP contribution is -2.35. The zero-order valence-corrected chi connectivity index (χ0v) is 27.3. The van der Waals surface area contributed by atoms with E-state index in [4.69, 9.17) is 18.6 Å². The molecule has 43 heavy (non-hydrogen) atoms. The maximum atomic E-state index is 12.7. The number of carbonyl (C=O) groups excluding carboxylic acids is 1. The second kappa shape index (κ2) is 15.9. The molecule has 3 rings (SSSR count). The molecule has 3 aromatic rings. The summed E-state index contributed by atoms with van der Waals surface area (Å²) in [5.41, 5.74) is 0.970. The molecule has 1 atom stereocenters. The molecule has 0 aliphatic carbocycles. The van der Waals surface area contributed by atoms with Gasteiger partial charge in [0.15, 0.2) is 11.3 Å². The summed E-state index contributed by atoms with van der Waals surface area (Å²) >= 11 is 0. The monoisotopic (exact) mass is 593 g/mol. The van der Waals surface area contributed by atoms with Gasteiger partial charge in [0.1, 0.15) is 5.75 Å². The second-order valence-electron chi connectivity index (χ2n) is 13.4. The fourth-order valence-electron chi connectivity index (χ4n) is 5.27. The molecule has 1 unspecified atom stereocenters. The van der Waals surface area contributed by atoms with Gasteiger partial charge in [0.05, 0.1) is 37.5 Å². The van der Waals surface area contributed by atoms with Crippen LogP contribution in [0.15, 0.2) is 51.9 Å². The number of unbranched alkanes of at least 4 members (excludes halogenated alkanes) is 7. The van der Waals surface area contributed by atoms with Crippen LogP contribution in [-0.4, -0.2) is 31.3 Å². The van der Waals surface area contributed by atoms with Crippen molar-refractivity contribution in [3.05, 3.63) is 53.1 Å². The molecule has 2 aromatic heterocycles. The molecule has 7 heteroatoms. The number of esters is 1. The summed E-state index contributed by atoms with van der Waals surface area (Å²) in [7, 11) is 1.61. The molecule has 0 aliphatic rings. The van der Waals surface area contributed by atoms with Crippen molar-refractivity contribution in [1.82, 2.24) is 4.98 Å². The SMILES string of the molecule is COc1ccc(-c2cc3cncc(OCCCCCCCCCCOC(=O)C(C)(C)C(C)CC(C)(C)C)c3oc2=O)cc1. The first-order chi connectivity index (χ1) is 20.4. The van der Waals surface area contributed by atoms with Crippen LogP contribution in [0.1, 0.15) is 99.3 Å². The van der Waals surface area contributed by atoms with E-state index in [9.17, 15) is 9.59 Å². The highest BCUT2D eigenvalue weighted by molar-refractivity contribution is 5.85. The lowest BCUT2D eigenvalue weighted by atomic mass is 9.72. The average Bonchev–Trinajstić information content (AvgIpc) is 2.96. The number of benzene rings is 1. The number of aromatic nitrogens is 1. The molecule has 236 valence electrons. The van der Waals surface area contributed by atoms with Crippen LogP contribution in [0, 0.1) is 16.7 Å². The van der Waals surface area contributed by atoms with E-state index in [1.165, 1.54) is 12.8 Å². The molecule has 2 heterocycles.